The minimum Gasteiger partial charge on any atom is -0.493 e. The van der Waals surface area contributed by atoms with Crippen molar-refractivity contribution >= 4 is 22.9 Å². The van der Waals surface area contributed by atoms with Crippen molar-refractivity contribution in [2.45, 2.75) is 13.0 Å². The van der Waals surface area contributed by atoms with Crippen molar-refractivity contribution in [2.24, 2.45) is 0 Å². The number of hydrogen-bond donors (Lipinski definition) is 1. The van der Waals surface area contributed by atoms with Crippen molar-refractivity contribution in [1.29, 1.82) is 0 Å². The number of pyridine rings is 1. The van der Waals surface area contributed by atoms with Gasteiger partial charge in [-0.1, -0.05) is 18.2 Å². The van der Waals surface area contributed by atoms with Crippen LogP contribution in [0.4, 0.5) is 0 Å². The number of imidazole rings is 1. The van der Waals surface area contributed by atoms with E-state index in [2.05, 4.69) is 15.3 Å². The molecule has 0 spiro atoms. The van der Waals surface area contributed by atoms with E-state index >= 15 is 0 Å². The fourth-order valence-electron chi connectivity index (χ4n) is 4.13. The summed E-state index contributed by atoms with van der Waals surface area (Å²) in [5.41, 5.74) is 4.38. The summed E-state index contributed by atoms with van der Waals surface area (Å²) in [6, 6.07) is 23.7. The summed E-state index contributed by atoms with van der Waals surface area (Å²) in [6.45, 7) is 1.16. The lowest BCUT2D eigenvalue weighted by Gasteiger charge is -2.13. The lowest BCUT2D eigenvalue weighted by atomic mass is 10.1. The number of amides is 1. The molecule has 0 bridgehead atoms. The summed E-state index contributed by atoms with van der Waals surface area (Å²) >= 11 is 0. The number of fused-ring (bicyclic) bond motifs is 1. The van der Waals surface area contributed by atoms with Gasteiger partial charge >= 0.3 is 5.97 Å². The molecular weight excluding hydrogens is 508 g/mol. The summed E-state index contributed by atoms with van der Waals surface area (Å²) in [7, 11) is 1.35. The normalized spacial score (nSPS) is 10.7. The molecule has 5 rings (SSSR count). The van der Waals surface area contributed by atoms with Crippen LogP contribution in [-0.4, -0.2) is 46.7 Å². The molecule has 202 valence electrons. The minimum atomic E-state index is -0.393. The second-order valence-corrected chi connectivity index (χ2v) is 8.93. The molecule has 5 aromatic rings. The summed E-state index contributed by atoms with van der Waals surface area (Å²) in [5, 5.41) is 2.95. The quantitative estimate of drug-likeness (QED) is 0.187. The third-order valence-electron chi connectivity index (χ3n) is 6.16. The van der Waals surface area contributed by atoms with Crippen molar-refractivity contribution in [3.05, 3.63) is 114 Å². The van der Waals surface area contributed by atoms with Gasteiger partial charge in [0.05, 0.1) is 42.6 Å². The van der Waals surface area contributed by atoms with Crippen molar-refractivity contribution in [1.82, 2.24) is 19.9 Å². The van der Waals surface area contributed by atoms with Gasteiger partial charge in [-0.2, -0.15) is 0 Å². The van der Waals surface area contributed by atoms with Crippen molar-refractivity contribution in [2.75, 3.05) is 20.3 Å². The van der Waals surface area contributed by atoms with E-state index in [4.69, 9.17) is 14.2 Å². The molecule has 40 heavy (non-hydrogen) atoms. The smallest absolute Gasteiger partial charge is 0.337 e. The number of rotatable bonds is 11. The van der Waals surface area contributed by atoms with Crippen LogP contribution in [0.25, 0.3) is 16.7 Å². The molecule has 0 aliphatic rings. The van der Waals surface area contributed by atoms with E-state index in [1.165, 1.54) is 7.11 Å². The Labute approximate surface area is 231 Å². The summed E-state index contributed by atoms with van der Waals surface area (Å²) in [6.07, 6.45) is 5.76. The maximum absolute atomic E-state index is 13.1. The molecule has 0 atom stereocenters. The van der Waals surface area contributed by atoms with Crippen molar-refractivity contribution in [3.8, 4) is 17.2 Å². The highest BCUT2D eigenvalue weighted by Gasteiger charge is 2.13. The molecule has 0 aliphatic heterocycles. The largest absolute Gasteiger partial charge is 0.493 e. The van der Waals surface area contributed by atoms with Crippen molar-refractivity contribution < 1.29 is 23.8 Å². The standard InChI is InChI=1S/C31H28N4O5/c1-38-31(37)23-9-11-26(12-10-23)39-14-5-15-40-27-17-24(30(36)33-20-22-6-4-13-32-19-22)16-25(18-27)35-21-34-28-7-2-3-8-29(28)35/h2-4,6-13,16-19,21H,5,14-15,20H2,1H3,(H,33,36). The van der Waals surface area contributed by atoms with Crippen LogP contribution in [-0.2, 0) is 11.3 Å². The van der Waals surface area contributed by atoms with Crippen LogP contribution in [0.5, 0.6) is 11.5 Å². The second kappa shape index (κ2) is 12.6. The van der Waals surface area contributed by atoms with Gasteiger partial charge in [-0.3, -0.25) is 14.3 Å². The van der Waals surface area contributed by atoms with E-state index in [1.54, 1.807) is 49.1 Å². The Morgan fingerprint density at radius 1 is 0.875 bits per heavy atom. The van der Waals surface area contributed by atoms with Crippen LogP contribution in [0.1, 0.15) is 32.7 Å². The average molecular weight is 537 g/mol. The molecule has 1 amide bonds. The Morgan fingerprint density at radius 2 is 1.68 bits per heavy atom. The van der Waals surface area contributed by atoms with E-state index in [-0.39, 0.29) is 5.91 Å². The van der Waals surface area contributed by atoms with E-state index in [0.29, 0.717) is 48.8 Å². The van der Waals surface area contributed by atoms with Gasteiger partial charge in [0.15, 0.2) is 0 Å². The number of carbonyl (C=O) groups is 2. The van der Waals surface area contributed by atoms with Crippen LogP contribution in [0.3, 0.4) is 0 Å². The van der Waals surface area contributed by atoms with Gasteiger partial charge in [0.2, 0.25) is 0 Å². The highest BCUT2D eigenvalue weighted by Crippen LogP contribution is 2.24. The molecule has 0 radical (unpaired) electrons. The molecule has 1 N–H and O–H groups in total. The van der Waals surface area contributed by atoms with E-state index < -0.39 is 5.97 Å². The van der Waals surface area contributed by atoms with Gasteiger partial charge in [-0.05, 0) is 60.2 Å². The maximum Gasteiger partial charge on any atom is 0.337 e. The number of para-hydroxylation sites is 2. The molecule has 0 fully saturated rings. The van der Waals surface area contributed by atoms with Gasteiger partial charge in [0, 0.05) is 37.0 Å². The van der Waals surface area contributed by atoms with Gasteiger partial charge < -0.3 is 19.5 Å². The predicted octanol–water partition coefficient (Wildman–Crippen LogP) is 4.99. The number of carbonyl (C=O) groups excluding carboxylic acids is 2. The third kappa shape index (κ3) is 6.44. The van der Waals surface area contributed by atoms with Gasteiger partial charge in [-0.15, -0.1) is 0 Å². The summed E-state index contributed by atoms with van der Waals surface area (Å²) in [5.74, 6) is 0.591. The number of nitrogens with one attached hydrogen (secondary N) is 1. The molecule has 9 nitrogen and oxygen atoms in total. The van der Waals surface area contributed by atoms with E-state index in [0.717, 1.165) is 22.3 Å². The molecule has 9 heteroatoms. The lowest BCUT2D eigenvalue weighted by molar-refractivity contribution is 0.0600. The SMILES string of the molecule is COC(=O)c1ccc(OCCCOc2cc(C(=O)NCc3cccnc3)cc(-n3cnc4ccccc43)c2)cc1. The first kappa shape index (κ1) is 26.4. The lowest BCUT2D eigenvalue weighted by Crippen LogP contribution is -2.23. The van der Waals surface area contributed by atoms with Crippen LogP contribution in [0.2, 0.25) is 0 Å². The number of nitrogens with zero attached hydrogens (tertiary/aromatic N) is 3. The molecule has 3 aromatic carbocycles. The highest BCUT2D eigenvalue weighted by molar-refractivity contribution is 5.95. The molecule has 0 saturated carbocycles. The number of methoxy groups -OCH3 is 1. The predicted molar refractivity (Wildman–Crippen MR) is 150 cm³/mol. The first-order chi connectivity index (χ1) is 19.6. The molecule has 0 aliphatic carbocycles. The van der Waals surface area contributed by atoms with Crippen LogP contribution < -0.4 is 14.8 Å². The molecular formula is C31H28N4O5. The topological polar surface area (TPSA) is 105 Å². The maximum atomic E-state index is 13.1. The number of esters is 1. The average Bonchev–Trinajstić information content (AvgIpc) is 3.44. The minimum absolute atomic E-state index is 0.223. The number of ether oxygens (including phenoxy) is 3. The zero-order valence-electron chi connectivity index (χ0n) is 21.9. The Balaban J connectivity index is 1.27. The Bertz CT molecular complexity index is 1600. The Morgan fingerprint density at radius 3 is 2.45 bits per heavy atom. The number of hydrogen-bond acceptors (Lipinski definition) is 7. The van der Waals surface area contributed by atoms with Gasteiger partial charge in [0.1, 0.15) is 17.8 Å². The number of aromatic nitrogens is 3. The third-order valence-corrected chi connectivity index (χ3v) is 6.16. The fourth-order valence-corrected chi connectivity index (χ4v) is 4.13. The summed E-state index contributed by atoms with van der Waals surface area (Å²) < 4.78 is 18.5. The van der Waals surface area contributed by atoms with E-state index in [1.807, 2.05) is 53.1 Å². The first-order valence-electron chi connectivity index (χ1n) is 12.8. The molecule has 2 aromatic heterocycles. The van der Waals surface area contributed by atoms with E-state index in [9.17, 15) is 9.59 Å². The van der Waals surface area contributed by atoms with Crippen molar-refractivity contribution in [3.63, 3.8) is 0 Å². The summed E-state index contributed by atoms with van der Waals surface area (Å²) in [4.78, 5) is 33.3. The first-order valence-corrected chi connectivity index (χ1v) is 12.8. The molecule has 0 unspecified atom stereocenters. The highest BCUT2D eigenvalue weighted by atomic mass is 16.5. The molecule has 0 saturated heterocycles. The Hall–Kier alpha value is -5.18. The zero-order chi connectivity index (χ0) is 27.7. The monoisotopic (exact) mass is 536 g/mol. The van der Waals surface area contributed by atoms with Gasteiger partial charge in [-0.25, -0.2) is 9.78 Å². The molecule has 2 heterocycles. The number of benzene rings is 3. The van der Waals surface area contributed by atoms with Crippen LogP contribution in [0.15, 0.2) is 97.6 Å². The van der Waals surface area contributed by atoms with Crippen LogP contribution in [0, 0.1) is 0 Å². The van der Waals surface area contributed by atoms with Crippen LogP contribution >= 0.6 is 0 Å². The fraction of sp³-hybridized carbons (Fsp3) is 0.161. The Kier molecular flexibility index (Phi) is 8.31. The van der Waals surface area contributed by atoms with Gasteiger partial charge in [0.25, 0.3) is 5.91 Å². The zero-order valence-corrected chi connectivity index (χ0v) is 21.9. The second-order valence-electron chi connectivity index (χ2n) is 8.93.